The van der Waals surface area contributed by atoms with Gasteiger partial charge in [0.05, 0.1) is 12.0 Å². The number of rotatable bonds is 6. The molecule has 2 aromatic rings. The van der Waals surface area contributed by atoms with Crippen molar-refractivity contribution >= 4 is 31.1 Å². The fourth-order valence-electron chi connectivity index (χ4n) is 2.21. The van der Waals surface area contributed by atoms with Gasteiger partial charge in [0.2, 0.25) is 0 Å². The molecule has 0 heterocycles. The zero-order valence-corrected chi connectivity index (χ0v) is 17.1. The van der Waals surface area contributed by atoms with Gasteiger partial charge in [0.1, 0.15) is 21.3 Å². The van der Waals surface area contributed by atoms with Crippen LogP contribution >= 0.6 is 10.2 Å². The Morgan fingerprint density at radius 2 is 1.61 bits per heavy atom. The van der Waals surface area contributed by atoms with Crippen LogP contribution in [0.2, 0.25) is 0 Å². The summed E-state index contributed by atoms with van der Waals surface area (Å²) in [5.41, 5.74) is 0.521. The first-order valence-electron chi connectivity index (χ1n) is 7.25. The Balaban J connectivity index is 2.69. The zero-order valence-electron chi connectivity index (χ0n) is 14.6. The minimum atomic E-state index is -10.3. The van der Waals surface area contributed by atoms with Crippen LogP contribution in [0.1, 0.15) is 5.56 Å². The summed E-state index contributed by atoms with van der Waals surface area (Å²) >= 11 is -2.80. The molecule has 0 aliphatic heterocycles. The van der Waals surface area contributed by atoms with Crippen molar-refractivity contribution in [1.29, 1.82) is 0 Å². The van der Waals surface area contributed by atoms with Crippen molar-refractivity contribution in [2.45, 2.75) is 21.6 Å². The molecule has 0 N–H and O–H groups in total. The normalized spacial score (nSPS) is 16.1. The molecule has 1 atom stereocenters. The standard InChI is InChI=1S/C15H15F5O5S3/c1-10-4-7-14(27(3,22)23)12(8-10)25-11-5-6-13(26(21)24-2)15(9-11)28(16,17,18,19)20/h4-9H,1-3H3. The third-order valence-electron chi connectivity index (χ3n) is 3.39. The van der Waals surface area contributed by atoms with Gasteiger partial charge in [0, 0.05) is 12.3 Å². The lowest BCUT2D eigenvalue weighted by atomic mass is 10.2. The van der Waals surface area contributed by atoms with E-state index in [1.165, 1.54) is 18.2 Å². The largest absolute Gasteiger partial charge is 0.456 e. The van der Waals surface area contributed by atoms with Crippen LogP contribution in [-0.2, 0) is 25.1 Å². The average Bonchev–Trinajstić information content (AvgIpc) is 2.51. The van der Waals surface area contributed by atoms with E-state index in [0.29, 0.717) is 11.6 Å². The Morgan fingerprint density at radius 1 is 1.00 bits per heavy atom. The average molecular weight is 466 g/mol. The Bertz CT molecular complexity index is 1070. The van der Waals surface area contributed by atoms with E-state index >= 15 is 0 Å². The van der Waals surface area contributed by atoms with Crippen LogP contribution in [0.4, 0.5) is 19.4 Å². The number of sulfone groups is 1. The molecule has 2 rings (SSSR count). The van der Waals surface area contributed by atoms with Crippen LogP contribution in [-0.4, -0.2) is 26.0 Å². The van der Waals surface area contributed by atoms with Crippen LogP contribution in [0.3, 0.4) is 0 Å². The first-order chi connectivity index (χ1) is 12.4. The summed E-state index contributed by atoms with van der Waals surface area (Å²) in [6.07, 6.45) is 0.857. The number of hydrogen-bond acceptors (Lipinski definition) is 5. The Labute approximate surface area is 160 Å². The quantitative estimate of drug-likeness (QED) is 0.525. The molecular weight excluding hydrogens is 451 g/mol. The topological polar surface area (TPSA) is 69.7 Å². The number of benzene rings is 2. The summed E-state index contributed by atoms with van der Waals surface area (Å²) in [5, 5.41) is 0. The monoisotopic (exact) mass is 466 g/mol. The van der Waals surface area contributed by atoms with Crippen molar-refractivity contribution in [2.24, 2.45) is 0 Å². The second-order valence-electron chi connectivity index (χ2n) is 5.80. The lowest BCUT2D eigenvalue weighted by Gasteiger charge is -2.41. The maximum absolute atomic E-state index is 13.4. The molecule has 1 unspecified atom stereocenters. The molecule has 0 bridgehead atoms. The van der Waals surface area contributed by atoms with Gasteiger partial charge in [-0.1, -0.05) is 25.5 Å². The van der Waals surface area contributed by atoms with E-state index in [9.17, 15) is 32.1 Å². The highest BCUT2D eigenvalue weighted by atomic mass is 32.5. The van der Waals surface area contributed by atoms with Crippen LogP contribution in [0, 0.1) is 6.92 Å². The van der Waals surface area contributed by atoms with Crippen molar-refractivity contribution in [2.75, 3.05) is 13.4 Å². The summed E-state index contributed by atoms with van der Waals surface area (Å²) in [5.74, 6) is -1.05. The SMILES string of the molecule is COS(=O)c1ccc(Oc2cc(C)ccc2S(C)(=O)=O)cc1S(F)(F)(F)(F)F. The predicted octanol–water partition coefficient (Wildman–Crippen LogP) is 5.52. The molecule has 0 amide bonds. The second-order valence-corrected chi connectivity index (χ2v) is 11.4. The minimum Gasteiger partial charge on any atom is -0.456 e. The van der Waals surface area contributed by atoms with Gasteiger partial charge in [-0.15, -0.1) is 0 Å². The van der Waals surface area contributed by atoms with Gasteiger partial charge < -0.3 is 4.74 Å². The molecule has 0 aromatic heterocycles. The number of hydrogen-bond donors (Lipinski definition) is 0. The van der Waals surface area contributed by atoms with Crippen molar-refractivity contribution in [3.8, 4) is 11.5 Å². The fourth-order valence-corrected chi connectivity index (χ4v) is 5.04. The number of halogens is 5. The fraction of sp³-hybridized carbons (Fsp3) is 0.200. The Kier molecular flexibility index (Phi) is 5.17. The third kappa shape index (κ3) is 5.21. The van der Waals surface area contributed by atoms with Crippen LogP contribution in [0.5, 0.6) is 11.5 Å². The number of aryl methyl sites for hydroxylation is 1. The van der Waals surface area contributed by atoms with Gasteiger partial charge >= 0.3 is 10.2 Å². The zero-order chi connectivity index (χ0) is 21.6. The van der Waals surface area contributed by atoms with Gasteiger partial charge in [-0.25, -0.2) is 12.6 Å². The maximum Gasteiger partial charge on any atom is 0.311 e. The molecule has 0 saturated heterocycles. The van der Waals surface area contributed by atoms with E-state index in [2.05, 4.69) is 4.18 Å². The highest BCUT2D eigenvalue weighted by Crippen LogP contribution is 3.02. The molecule has 0 radical (unpaired) electrons. The van der Waals surface area contributed by atoms with Gasteiger partial charge in [-0.05, 0) is 36.8 Å². The molecule has 0 fully saturated rings. The summed E-state index contributed by atoms with van der Waals surface area (Å²) in [6.45, 7) is 1.57. The molecule has 13 heteroatoms. The summed E-state index contributed by atoms with van der Waals surface area (Å²) in [6, 6.07) is 5.21. The highest BCUT2D eigenvalue weighted by molar-refractivity contribution is 8.45. The highest BCUT2D eigenvalue weighted by Gasteiger charge is 2.67. The maximum atomic E-state index is 13.4. The minimum absolute atomic E-state index is 0.0256. The van der Waals surface area contributed by atoms with Crippen molar-refractivity contribution in [1.82, 2.24) is 0 Å². The van der Waals surface area contributed by atoms with E-state index in [0.717, 1.165) is 19.4 Å². The van der Waals surface area contributed by atoms with Gasteiger partial charge in [-0.2, -0.15) is 0 Å². The molecule has 0 saturated carbocycles. The molecular formula is C15H15F5O5S3. The molecule has 5 nitrogen and oxygen atoms in total. The summed E-state index contributed by atoms with van der Waals surface area (Å²) < 4.78 is 112. The van der Waals surface area contributed by atoms with E-state index in [1.807, 2.05) is 0 Å². The first kappa shape index (κ1) is 22.6. The Morgan fingerprint density at radius 3 is 2.11 bits per heavy atom. The molecule has 0 aliphatic rings. The van der Waals surface area contributed by atoms with Gasteiger partial charge in [-0.3, -0.25) is 4.18 Å². The van der Waals surface area contributed by atoms with Crippen LogP contribution < -0.4 is 4.74 Å². The molecule has 28 heavy (non-hydrogen) atoms. The second kappa shape index (κ2) is 6.40. The first-order valence-corrected chi connectivity index (χ1v) is 12.2. The Hall–Kier alpha value is -1.70. The smallest absolute Gasteiger partial charge is 0.311 e. The van der Waals surface area contributed by atoms with E-state index < -0.39 is 46.7 Å². The van der Waals surface area contributed by atoms with E-state index in [1.54, 1.807) is 6.92 Å². The molecule has 2 aromatic carbocycles. The summed E-state index contributed by atoms with van der Waals surface area (Å²) in [4.78, 5) is -4.05. The third-order valence-corrected chi connectivity index (χ3v) is 6.84. The van der Waals surface area contributed by atoms with E-state index in [-0.39, 0.29) is 16.7 Å². The van der Waals surface area contributed by atoms with Gasteiger partial charge in [0.15, 0.2) is 20.9 Å². The number of ether oxygens (including phenoxy) is 1. The molecule has 158 valence electrons. The predicted molar refractivity (Wildman–Crippen MR) is 95.6 cm³/mol. The molecule has 0 spiro atoms. The lowest BCUT2D eigenvalue weighted by molar-refractivity contribution is 0.357. The van der Waals surface area contributed by atoms with Crippen molar-refractivity contribution in [3.05, 3.63) is 42.0 Å². The summed E-state index contributed by atoms with van der Waals surface area (Å²) in [7, 11) is -13.3. The van der Waals surface area contributed by atoms with Gasteiger partial charge in [0.25, 0.3) is 0 Å². The van der Waals surface area contributed by atoms with Crippen LogP contribution in [0.25, 0.3) is 0 Å². The van der Waals surface area contributed by atoms with Crippen molar-refractivity contribution in [3.63, 3.8) is 0 Å². The lowest BCUT2D eigenvalue weighted by Crippen LogP contribution is -2.11. The molecule has 0 aliphatic carbocycles. The van der Waals surface area contributed by atoms with Crippen molar-refractivity contribution < 1.29 is 41.0 Å². The van der Waals surface area contributed by atoms with E-state index in [4.69, 9.17) is 4.74 Å². The van der Waals surface area contributed by atoms with Crippen LogP contribution in [0.15, 0.2) is 51.1 Å².